The Labute approximate surface area is 89.4 Å². The molecule has 1 unspecified atom stereocenters. The number of urea groups is 1. The number of nitrogens with one attached hydrogen (secondary N) is 1. The molecule has 1 heterocycles. The Hall–Kier alpha value is -0.710. The molecule has 14 heavy (non-hydrogen) atoms. The summed E-state index contributed by atoms with van der Waals surface area (Å²) in [4.78, 5) is 24.7. The highest BCUT2D eigenvalue weighted by atomic mass is 32.1. The maximum Gasteiger partial charge on any atom is 0.325 e. The second kappa shape index (κ2) is 3.15. The smallest absolute Gasteiger partial charge is 0.304 e. The number of carbonyl (C=O) groups excluding carboxylic acids is 2. The fraction of sp³-hybridized carbons (Fsp3) is 0.778. The number of thiol groups is 1. The highest BCUT2D eigenvalue weighted by molar-refractivity contribution is 7.80. The van der Waals surface area contributed by atoms with Gasteiger partial charge in [0.15, 0.2) is 0 Å². The molecule has 0 aromatic carbocycles. The van der Waals surface area contributed by atoms with E-state index >= 15 is 0 Å². The number of carbonyl (C=O) groups is 2. The van der Waals surface area contributed by atoms with Gasteiger partial charge in [-0.1, -0.05) is 0 Å². The van der Waals surface area contributed by atoms with Crippen molar-refractivity contribution in [2.75, 3.05) is 5.75 Å². The van der Waals surface area contributed by atoms with Crippen molar-refractivity contribution in [1.29, 1.82) is 0 Å². The van der Waals surface area contributed by atoms with Gasteiger partial charge in [0.1, 0.15) is 5.54 Å². The minimum absolute atomic E-state index is 0.271. The average molecular weight is 216 g/mol. The van der Waals surface area contributed by atoms with E-state index in [1.54, 1.807) is 11.8 Å². The average Bonchev–Trinajstić information content (AvgIpc) is 2.22. The largest absolute Gasteiger partial charge is 0.325 e. The van der Waals surface area contributed by atoms with Crippen LogP contribution in [0.15, 0.2) is 0 Å². The first-order valence-electron chi connectivity index (χ1n) is 4.50. The van der Waals surface area contributed by atoms with Crippen molar-refractivity contribution in [1.82, 2.24) is 10.2 Å². The lowest BCUT2D eigenvalue weighted by Crippen LogP contribution is -2.56. The molecule has 1 N–H and O–H groups in total. The number of nitrogens with zero attached hydrogens (tertiary/aromatic N) is 1. The Morgan fingerprint density at radius 3 is 2.21 bits per heavy atom. The van der Waals surface area contributed by atoms with Crippen LogP contribution in [0, 0.1) is 0 Å². The molecule has 0 aromatic rings. The van der Waals surface area contributed by atoms with Crippen molar-refractivity contribution in [2.45, 2.75) is 38.8 Å². The van der Waals surface area contributed by atoms with E-state index < -0.39 is 5.54 Å². The summed E-state index contributed by atoms with van der Waals surface area (Å²) < 4.78 is 0. The predicted molar refractivity (Wildman–Crippen MR) is 57.4 cm³/mol. The van der Waals surface area contributed by atoms with Crippen LogP contribution in [0.5, 0.6) is 0 Å². The van der Waals surface area contributed by atoms with Gasteiger partial charge in [-0.2, -0.15) is 12.6 Å². The highest BCUT2D eigenvalue weighted by Gasteiger charge is 2.52. The second-order valence-electron chi connectivity index (χ2n) is 4.70. The van der Waals surface area contributed by atoms with E-state index in [2.05, 4.69) is 17.9 Å². The molecule has 80 valence electrons. The summed E-state index contributed by atoms with van der Waals surface area (Å²) >= 11 is 4.14. The quantitative estimate of drug-likeness (QED) is 0.508. The fourth-order valence-electron chi connectivity index (χ4n) is 1.80. The molecule has 1 rings (SSSR count). The summed E-state index contributed by atoms with van der Waals surface area (Å²) in [5.74, 6) is 0.0504. The predicted octanol–water partition coefficient (Wildman–Crippen LogP) is 1.03. The Bertz CT molecular complexity index is 285. The summed E-state index contributed by atoms with van der Waals surface area (Å²) in [6.45, 7) is 7.41. The maximum absolute atomic E-state index is 11.6. The van der Waals surface area contributed by atoms with Crippen LogP contribution in [0.25, 0.3) is 0 Å². The second-order valence-corrected chi connectivity index (χ2v) is 5.01. The molecule has 0 spiro atoms. The van der Waals surface area contributed by atoms with Crippen LogP contribution < -0.4 is 5.32 Å². The molecule has 0 saturated carbocycles. The van der Waals surface area contributed by atoms with Crippen LogP contribution in [-0.4, -0.2) is 33.7 Å². The van der Waals surface area contributed by atoms with Crippen LogP contribution >= 0.6 is 12.6 Å². The van der Waals surface area contributed by atoms with Gasteiger partial charge in [0.25, 0.3) is 5.91 Å². The monoisotopic (exact) mass is 216 g/mol. The van der Waals surface area contributed by atoms with Crippen LogP contribution in [0.4, 0.5) is 4.79 Å². The Morgan fingerprint density at radius 2 is 1.93 bits per heavy atom. The first-order valence-corrected chi connectivity index (χ1v) is 5.13. The van der Waals surface area contributed by atoms with Crippen molar-refractivity contribution in [2.24, 2.45) is 0 Å². The highest BCUT2D eigenvalue weighted by Crippen LogP contribution is 2.30. The van der Waals surface area contributed by atoms with Gasteiger partial charge in [-0.25, -0.2) is 4.79 Å². The van der Waals surface area contributed by atoms with E-state index in [1.807, 2.05) is 20.8 Å². The summed E-state index contributed by atoms with van der Waals surface area (Å²) in [5.41, 5.74) is -1.22. The van der Waals surface area contributed by atoms with Crippen LogP contribution in [-0.2, 0) is 4.79 Å². The number of hydrogen-bond donors (Lipinski definition) is 2. The molecule has 0 aliphatic carbocycles. The van der Waals surface area contributed by atoms with Crippen molar-refractivity contribution in [3.63, 3.8) is 0 Å². The normalized spacial score (nSPS) is 28.2. The topological polar surface area (TPSA) is 49.4 Å². The summed E-state index contributed by atoms with van der Waals surface area (Å²) in [7, 11) is 0. The lowest BCUT2D eigenvalue weighted by molar-refractivity contribution is -0.126. The minimum Gasteiger partial charge on any atom is -0.304 e. The van der Waals surface area contributed by atoms with Crippen LogP contribution in [0.2, 0.25) is 0 Å². The zero-order chi connectivity index (χ0) is 11.1. The minimum atomic E-state index is -0.835. The van der Waals surface area contributed by atoms with Crippen LogP contribution in [0.3, 0.4) is 0 Å². The fourth-order valence-corrected chi connectivity index (χ4v) is 2.09. The number of imide groups is 1. The number of amides is 3. The van der Waals surface area contributed by atoms with Gasteiger partial charge in [0, 0.05) is 11.3 Å². The Balaban J connectivity index is 3.14. The molecule has 1 aliphatic rings. The summed E-state index contributed by atoms with van der Waals surface area (Å²) in [6.07, 6.45) is 0. The molecule has 0 radical (unpaired) electrons. The van der Waals surface area contributed by atoms with Gasteiger partial charge in [-0.3, -0.25) is 10.1 Å². The van der Waals surface area contributed by atoms with Gasteiger partial charge in [-0.05, 0) is 27.7 Å². The third-order valence-corrected chi connectivity index (χ3v) is 3.00. The molecule has 5 heteroatoms. The lowest BCUT2D eigenvalue weighted by Gasteiger charge is -2.40. The molecular weight excluding hydrogens is 200 g/mol. The molecule has 4 nitrogen and oxygen atoms in total. The molecule has 0 aromatic heterocycles. The standard InChI is InChI=1S/C9H16N2O2S/c1-8(2,3)11-7(13)10-6(12)9(11,4)5-14/h14H,5H2,1-4H3,(H,10,12,13). The maximum atomic E-state index is 11.6. The van der Waals surface area contributed by atoms with E-state index in [1.165, 1.54) is 0 Å². The molecule has 1 atom stereocenters. The van der Waals surface area contributed by atoms with E-state index in [9.17, 15) is 9.59 Å². The van der Waals surface area contributed by atoms with Crippen molar-refractivity contribution < 1.29 is 9.59 Å². The first kappa shape index (κ1) is 11.4. The molecular formula is C9H16N2O2S. The molecule has 1 fully saturated rings. The van der Waals surface area contributed by atoms with Crippen molar-refractivity contribution in [3.8, 4) is 0 Å². The zero-order valence-electron chi connectivity index (χ0n) is 8.92. The van der Waals surface area contributed by atoms with Gasteiger partial charge in [0.05, 0.1) is 0 Å². The molecule has 3 amide bonds. The summed E-state index contributed by atoms with van der Waals surface area (Å²) in [6, 6.07) is -0.334. The van der Waals surface area contributed by atoms with E-state index in [4.69, 9.17) is 0 Å². The Morgan fingerprint density at radius 1 is 1.43 bits per heavy atom. The van der Waals surface area contributed by atoms with Gasteiger partial charge in [0.2, 0.25) is 0 Å². The van der Waals surface area contributed by atoms with E-state index in [-0.39, 0.29) is 17.5 Å². The Kier molecular flexibility index (Phi) is 2.56. The SMILES string of the molecule is CC(C)(C)N1C(=O)NC(=O)C1(C)CS. The first-order chi connectivity index (χ1) is 6.23. The number of hydrogen-bond acceptors (Lipinski definition) is 3. The van der Waals surface area contributed by atoms with Gasteiger partial charge in [-0.15, -0.1) is 0 Å². The van der Waals surface area contributed by atoms with Crippen LogP contribution in [0.1, 0.15) is 27.7 Å². The molecule has 0 bridgehead atoms. The lowest BCUT2D eigenvalue weighted by atomic mass is 9.96. The van der Waals surface area contributed by atoms with Gasteiger partial charge < -0.3 is 4.90 Å². The third kappa shape index (κ3) is 1.49. The van der Waals surface area contributed by atoms with Crippen molar-refractivity contribution >= 4 is 24.6 Å². The number of rotatable bonds is 1. The summed E-state index contributed by atoms with van der Waals surface area (Å²) in [5, 5.41) is 2.31. The third-order valence-electron chi connectivity index (χ3n) is 2.38. The van der Waals surface area contributed by atoms with Gasteiger partial charge >= 0.3 is 6.03 Å². The van der Waals surface area contributed by atoms with Crippen molar-refractivity contribution in [3.05, 3.63) is 0 Å². The van der Waals surface area contributed by atoms with E-state index in [0.717, 1.165) is 0 Å². The zero-order valence-corrected chi connectivity index (χ0v) is 9.81. The van der Waals surface area contributed by atoms with E-state index in [0.29, 0.717) is 5.75 Å². The molecule has 1 saturated heterocycles. The molecule has 1 aliphatic heterocycles.